The summed E-state index contributed by atoms with van der Waals surface area (Å²) >= 11 is 1.65. The van der Waals surface area contributed by atoms with E-state index in [1.807, 2.05) is 5.51 Å². The minimum atomic E-state index is 0.387. The van der Waals surface area contributed by atoms with Gasteiger partial charge in [0.1, 0.15) is 0 Å². The molecule has 1 amide bonds. The molecular formula is C16H23N3OS. The van der Waals surface area contributed by atoms with E-state index in [0.717, 1.165) is 50.3 Å². The number of hydrogen-bond donors (Lipinski definition) is 0. The number of carbonyl (C=O) groups is 1. The van der Waals surface area contributed by atoms with Crippen LogP contribution in [0.25, 0.3) is 0 Å². The summed E-state index contributed by atoms with van der Waals surface area (Å²) in [6.45, 7) is 4.72. The van der Waals surface area contributed by atoms with Gasteiger partial charge in [-0.25, -0.2) is 4.98 Å². The maximum Gasteiger partial charge on any atom is 0.226 e. The van der Waals surface area contributed by atoms with Gasteiger partial charge in [0.05, 0.1) is 11.2 Å². The highest BCUT2D eigenvalue weighted by Gasteiger charge is 2.55. The van der Waals surface area contributed by atoms with Crippen LogP contribution in [0.15, 0.2) is 10.9 Å². The number of thiazole rings is 1. The summed E-state index contributed by atoms with van der Waals surface area (Å²) in [5.74, 6) is 2.32. The molecule has 1 saturated heterocycles. The lowest BCUT2D eigenvalue weighted by molar-refractivity contribution is -0.135. The Morgan fingerprint density at radius 1 is 1.19 bits per heavy atom. The van der Waals surface area contributed by atoms with Gasteiger partial charge in [0, 0.05) is 44.0 Å². The van der Waals surface area contributed by atoms with Gasteiger partial charge >= 0.3 is 0 Å². The molecule has 0 aromatic carbocycles. The van der Waals surface area contributed by atoms with Gasteiger partial charge in [-0.05, 0) is 24.7 Å². The standard InChI is InChI=1S/C16H23N3OS/c20-16(15-13-3-1-2-4-14(13)15)19-7-5-18(6-8-19)9-12-10-21-11-17-12/h10-11,13-15H,1-9H2/t13-,14-/m0/s1. The minimum Gasteiger partial charge on any atom is -0.340 e. The monoisotopic (exact) mass is 305 g/mol. The third-order valence-corrected chi connectivity index (χ3v) is 6.13. The number of aromatic nitrogens is 1. The number of piperazine rings is 1. The normalized spacial score (nSPS) is 32.8. The molecule has 2 heterocycles. The number of fused-ring (bicyclic) bond motifs is 1. The van der Waals surface area contributed by atoms with E-state index in [0.29, 0.717) is 11.8 Å². The molecule has 2 saturated carbocycles. The Morgan fingerprint density at radius 3 is 2.52 bits per heavy atom. The van der Waals surface area contributed by atoms with E-state index in [-0.39, 0.29) is 0 Å². The van der Waals surface area contributed by atoms with Gasteiger partial charge in [0.15, 0.2) is 0 Å². The van der Waals surface area contributed by atoms with Crippen molar-refractivity contribution in [1.82, 2.24) is 14.8 Å². The molecule has 4 nitrogen and oxygen atoms in total. The smallest absolute Gasteiger partial charge is 0.226 e. The fourth-order valence-corrected chi connectivity index (χ4v) is 4.79. The Balaban J connectivity index is 1.28. The Hall–Kier alpha value is -0.940. The molecule has 114 valence electrons. The van der Waals surface area contributed by atoms with Crippen LogP contribution in [-0.2, 0) is 11.3 Å². The molecule has 0 bridgehead atoms. The molecule has 2 aliphatic carbocycles. The Bertz CT molecular complexity index is 484. The SMILES string of the molecule is O=C(C1[C@H]2CCCC[C@H]12)N1CCN(Cc2cscn2)CC1. The van der Waals surface area contributed by atoms with E-state index in [4.69, 9.17) is 0 Å². The number of rotatable bonds is 3. The van der Waals surface area contributed by atoms with Crippen LogP contribution in [-0.4, -0.2) is 46.9 Å². The number of nitrogens with zero attached hydrogens (tertiary/aromatic N) is 3. The average Bonchev–Trinajstić information content (AvgIpc) is 3.03. The number of carbonyl (C=O) groups excluding carboxylic acids is 1. The van der Waals surface area contributed by atoms with Gasteiger partial charge in [-0.1, -0.05) is 12.8 Å². The van der Waals surface area contributed by atoms with Gasteiger partial charge in [0.25, 0.3) is 0 Å². The summed E-state index contributed by atoms with van der Waals surface area (Å²) < 4.78 is 0. The van der Waals surface area contributed by atoms with Gasteiger partial charge < -0.3 is 4.90 Å². The van der Waals surface area contributed by atoms with Crippen LogP contribution < -0.4 is 0 Å². The first-order valence-corrected chi connectivity index (χ1v) is 9.15. The first-order chi connectivity index (χ1) is 10.3. The minimum absolute atomic E-state index is 0.387. The Labute approximate surface area is 130 Å². The van der Waals surface area contributed by atoms with E-state index < -0.39 is 0 Å². The topological polar surface area (TPSA) is 36.4 Å². The predicted molar refractivity (Wildman–Crippen MR) is 82.9 cm³/mol. The Kier molecular flexibility index (Phi) is 3.71. The molecule has 4 rings (SSSR count). The predicted octanol–water partition coefficient (Wildman–Crippen LogP) is 2.22. The van der Waals surface area contributed by atoms with E-state index >= 15 is 0 Å². The second-order valence-electron chi connectivity index (χ2n) is 6.72. The van der Waals surface area contributed by atoms with Crippen molar-refractivity contribution in [3.63, 3.8) is 0 Å². The average molecular weight is 305 g/mol. The maximum absolute atomic E-state index is 12.6. The van der Waals surface area contributed by atoms with E-state index in [1.54, 1.807) is 11.3 Å². The van der Waals surface area contributed by atoms with Crippen molar-refractivity contribution in [3.05, 3.63) is 16.6 Å². The van der Waals surface area contributed by atoms with E-state index in [2.05, 4.69) is 20.2 Å². The summed E-state index contributed by atoms with van der Waals surface area (Å²) in [5, 5.41) is 2.12. The summed E-state index contributed by atoms with van der Waals surface area (Å²) in [6, 6.07) is 0. The molecule has 1 aromatic heterocycles. The molecule has 1 aromatic rings. The van der Waals surface area contributed by atoms with Gasteiger partial charge in [-0.2, -0.15) is 0 Å². The molecule has 0 unspecified atom stereocenters. The molecule has 0 radical (unpaired) electrons. The maximum atomic E-state index is 12.6. The van der Waals surface area contributed by atoms with Crippen LogP contribution in [0.1, 0.15) is 31.4 Å². The summed E-state index contributed by atoms with van der Waals surface area (Å²) in [5.41, 5.74) is 3.05. The molecule has 3 fully saturated rings. The highest BCUT2D eigenvalue weighted by Crippen LogP contribution is 2.56. The van der Waals surface area contributed by atoms with Crippen LogP contribution in [0.3, 0.4) is 0 Å². The summed E-state index contributed by atoms with van der Waals surface area (Å²) in [6.07, 6.45) is 5.27. The molecule has 21 heavy (non-hydrogen) atoms. The highest BCUT2D eigenvalue weighted by atomic mass is 32.1. The fourth-order valence-electron chi connectivity index (χ4n) is 4.24. The molecular weight excluding hydrogens is 282 g/mol. The zero-order valence-electron chi connectivity index (χ0n) is 12.4. The first-order valence-electron chi connectivity index (χ1n) is 8.21. The second-order valence-corrected chi connectivity index (χ2v) is 7.44. The second kappa shape index (κ2) is 5.69. The van der Waals surface area contributed by atoms with Crippen LogP contribution in [0.4, 0.5) is 0 Å². The van der Waals surface area contributed by atoms with Crippen LogP contribution in [0.2, 0.25) is 0 Å². The van der Waals surface area contributed by atoms with Crippen molar-refractivity contribution in [2.45, 2.75) is 32.2 Å². The van der Waals surface area contributed by atoms with E-state index in [1.165, 1.54) is 25.7 Å². The quantitative estimate of drug-likeness (QED) is 0.859. The number of hydrogen-bond acceptors (Lipinski definition) is 4. The molecule has 5 heteroatoms. The van der Waals surface area contributed by atoms with Crippen LogP contribution >= 0.6 is 11.3 Å². The third-order valence-electron chi connectivity index (χ3n) is 5.49. The summed E-state index contributed by atoms with van der Waals surface area (Å²) in [7, 11) is 0. The lowest BCUT2D eigenvalue weighted by Gasteiger charge is -2.34. The van der Waals surface area contributed by atoms with Crippen molar-refractivity contribution in [3.8, 4) is 0 Å². The zero-order valence-corrected chi connectivity index (χ0v) is 13.2. The van der Waals surface area contributed by atoms with Crippen molar-refractivity contribution < 1.29 is 4.79 Å². The first kappa shape index (κ1) is 13.7. The van der Waals surface area contributed by atoms with Crippen molar-refractivity contribution >= 4 is 17.2 Å². The largest absolute Gasteiger partial charge is 0.340 e. The van der Waals surface area contributed by atoms with Crippen molar-refractivity contribution in [1.29, 1.82) is 0 Å². The number of amides is 1. The Morgan fingerprint density at radius 2 is 1.90 bits per heavy atom. The molecule has 1 aliphatic heterocycles. The fraction of sp³-hybridized carbons (Fsp3) is 0.750. The zero-order chi connectivity index (χ0) is 14.2. The van der Waals surface area contributed by atoms with Crippen molar-refractivity contribution in [2.75, 3.05) is 26.2 Å². The van der Waals surface area contributed by atoms with Crippen molar-refractivity contribution in [2.24, 2.45) is 17.8 Å². The van der Waals surface area contributed by atoms with Gasteiger partial charge in [0.2, 0.25) is 5.91 Å². The third kappa shape index (κ3) is 2.73. The molecule has 3 aliphatic rings. The lowest BCUT2D eigenvalue weighted by atomic mass is 10.0. The lowest BCUT2D eigenvalue weighted by Crippen LogP contribution is -2.49. The summed E-state index contributed by atoms with van der Waals surface area (Å²) in [4.78, 5) is 21.5. The van der Waals surface area contributed by atoms with E-state index in [9.17, 15) is 4.79 Å². The highest BCUT2D eigenvalue weighted by molar-refractivity contribution is 7.07. The van der Waals surface area contributed by atoms with Crippen LogP contribution in [0, 0.1) is 17.8 Å². The van der Waals surface area contributed by atoms with Crippen LogP contribution in [0.5, 0.6) is 0 Å². The molecule has 0 N–H and O–H groups in total. The van der Waals surface area contributed by atoms with Gasteiger partial charge in [-0.3, -0.25) is 9.69 Å². The molecule has 0 spiro atoms. The van der Waals surface area contributed by atoms with Gasteiger partial charge in [-0.15, -0.1) is 11.3 Å². The molecule has 2 atom stereocenters.